The molecular weight excluding hydrogens is 544 g/mol. The zero-order valence-electron chi connectivity index (χ0n) is 26.2. The van der Waals surface area contributed by atoms with Crippen molar-refractivity contribution in [3.8, 4) is 0 Å². The fraction of sp³-hybridized carbons (Fsp3) is 0.412. The number of benzene rings is 3. The first-order valence-electron chi connectivity index (χ1n) is 14.7. The summed E-state index contributed by atoms with van der Waals surface area (Å²) in [4.78, 5) is 54.7. The van der Waals surface area contributed by atoms with Gasteiger partial charge >= 0.3 is 6.09 Å². The highest BCUT2D eigenvalue weighted by atomic mass is 16.6. The molecule has 4 amide bonds. The summed E-state index contributed by atoms with van der Waals surface area (Å²) in [6, 6.07) is 16.7. The quantitative estimate of drug-likeness (QED) is 0.256. The van der Waals surface area contributed by atoms with Gasteiger partial charge in [-0.05, 0) is 82.9 Å². The SMILES string of the molecule is CCC(C)N(C(=O)C(CCC(N)=O)NC(=O)OC(C)(C)C)C(C(=O)Nc1ccc2ccccc2c1)c1cc(C)cc(C)c1. The summed E-state index contributed by atoms with van der Waals surface area (Å²) in [5, 5.41) is 7.66. The van der Waals surface area contributed by atoms with Crippen LogP contribution >= 0.6 is 0 Å². The van der Waals surface area contributed by atoms with Crippen LogP contribution in [0.4, 0.5) is 10.5 Å². The molecular formula is C34H44N4O5. The standard InChI is InChI=1S/C34H44N4O5/c1-8-23(4)38(32(41)28(15-16-29(35)39)37-33(42)43-34(5,6)7)30(26-18-21(2)17-22(3)19-26)31(40)36-27-14-13-24-11-9-10-12-25(24)20-27/h9-14,17-20,23,28,30H,8,15-16H2,1-7H3,(H2,35,39)(H,36,40)(H,37,42). The molecule has 3 aromatic rings. The Labute approximate surface area is 254 Å². The van der Waals surface area contributed by atoms with E-state index in [2.05, 4.69) is 10.6 Å². The first kappa shape index (κ1) is 33.1. The summed E-state index contributed by atoms with van der Waals surface area (Å²) in [7, 11) is 0. The van der Waals surface area contributed by atoms with Gasteiger partial charge in [0, 0.05) is 18.2 Å². The molecule has 3 atom stereocenters. The van der Waals surface area contributed by atoms with Gasteiger partial charge < -0.3 is 26.0 Å². The van der Waals surface area contributed by atoms with Gasteiger partial charge in [0.15, 0.2) is 0 Å². The summed E-state index contributed by atoms with van der Waals surface area (Å²) in [5.74, 6) is -1.53. The smallest absolute Gasteiger partial charge is 0.408 e. The zero-order valence-corrected chi connectivity index (χ0v) is 26.2. The molecule has 0 aliphatic heterocycles. The van der Waals surface area contributed by atoms with E-state index in [-0.39, 0.29) is 12.8 Å². The number of primary amides is 1. The highest BCUT2D eigenvalue weighted by Crippen LogP contribution is 2.30. The molecule has 0 radical (unpaired) electrons. The predicted molar refractivity (Wildman–Crippen MR) is 169 cm³/mol. The zero-order chi connectivity index (χ0) is 31.9. The number of carbonyl (C=O) groups excluding carboxylic acids is 4. The van der Waals surface area contributed by atoms with Crippen molar-refractivity contribution in [3.63, 3.8) is 0 Å². The van der Waals surface area contributed by atoms with E-state index in [1.54, 1.807) is 20.8 Å². The molecule has 3 aromatic carbocycles. The number of amides is 4. The lowest BCUT2D eigenvalue weighted by atomic mass is 9.96. The van der Waals surface area contributed by atoms with Gasteiger partial charge in [-0.3, -0.25) is 14.4 Å². The summed E-state index contributed by atoms with van der Waals surface area (Å²) >= 11 is 0. The van der Waals surface area contributed by atoms with Crippen LogP contribution in [0.15, 0.2) is 60.7 Å². The van der Waals surface area contributed by atoms with Crippen molar-refractivity contribution in [1.29, 1.82) is 0 Å². The summed E-state index contributed by atoms with van der Waals surface area (Å²) < 4.78 is 5.41. The van der Waals surface area contributed by atoms with Crippen LogP contribution in [0.1, 0.15) is 76.6 Å². The number of anilines is 1. The van der Waals surface area contributed by atoms with Crippen molar-refractivity contribution < 1.29 is 23.9 Å². The first-order chi connectivity index (χ1) is 20.2. The van der Waals surface area contributed by atoms with Crippen LogP contribution in [-0.2, 0) is 19.1 Å². The highest BCUT2D eigenvalue weighted by Gasteiger charge is 2.39. The predicted octanol–water partition coefficient (Wildman–Crippen LogP) is 5.92. The summed E-state index contributed by atoms with van der Waals surface area (Å²) in [6.07, 6.45) is -0.460. The number of nitrogens with zero attached hydrogens (tertiary/aromatic N) is 1. The van der Waals surface area contributed by atoms with Crippen LogP contribution in [0, 0.1) is 13.8 Å². The monoisotopic (exact) mass is 588 g/mol. The van der Waals surface area contributed by atoms with E-state index >= 15 is 0 Å². The maximum absolute atomic E-state index is 14.4. The van der Waals surface area contributed by atoms with Gasteiger partial charge in [0.05, 0.1) is 0 Å². The molecule has 0 spiro atoms. The number of aryl methyl sites for hydroxylation is 2. The molecule has 3 unspecified atom stereocenters. The lowest BCUT2D eigenvalue weighted by molar-refractivity contribution is -0.143. The Bertz CT molecular complexity index is 1460. The molecule has 0 aromatic heterocycles. The van der Waals surface area contributed by atoms with E-state index in [0.29, 0.717) is 17.7 Å². The molecule has 0 aliphatic rings. The van der Waals surface area contributed by atoms with E-state index in [9.17, 15) is 19.2 Å². The number of hydrogen-bond donors (Lipinski definition) is 3. The number of nitrogens with one attached hydrogen (secondary N) is 2. The molecule has 0 saturated carbocycles. The van der Waals surface area contributed by atoms with E-state index < -0.39 is 47.5 Å². The highest BCUT2D eigenvalue weighted by molar-refractivity contribution is 6.00. The van der Waals surface area contributed by atoms with Crippen molar-refractivity contribution in [2.45, 2.75) is 91.5 Å². The summed E-state index contributed by atoms with van der Waals surface area (Å²) in [6.45, 7) is 12.8. The van der Waals surface area contributed by atoms with Crippen molar-refractivity contribution in [2.24, 2.45) is 5.73 Å². The fourth-order valence-electron chi connectivity index (χ4n) is 5.05. The molecule has 4 N–H and O–H groups in total. The molecule has 3 rings (SSSR count). The Morgan fingerprint density at radius 1 is 0.930 bits per heavy atom. The van der Waals surface area contributed by atoms with Gasteiger partial charge in [-0.15, -0.1) is 0 Å². The Morgan fingerprint density at radius 2 is 1.56 bits per heavy atom. The third-order valence-corrected chi connectivity index (χ3v) is 7.09. The maximum atomic E-state index is 14.4. The van der Waals surface area contributed by atoms with E-state index in [1.807, 2.05) is 88.4 Å². The van der Waals surface area contributed by atoms with Gasteiger partial charge in [0.1, 0.15) is 17.7 Å². The lowest BCUT2D eigenvalue weighted by Crippen LogP contribution is -2.55. The van der Waals surface area contributed by atoms with Crippen molar-refractivity contribution in [1.82, 2.24) is 10.2 Å². The average molecular weight is 589 g/mol. The molecule has 9 heteroatoms. The van der Waals surface area contributed by atoms with Gasteiger partial charge in [-0.25, -0.2) is 4.79 Å². The third kappa shape index (κ3) is 9.30. The normalized spacial score (nSPS) is 13.5. The molecule has 0 bridgehead atoms. The Hall–Kier alpha value is -4.40. The van der Waals surface area contributed by atoms with Crippen molar-refractivity contribution in [2.75, 3.05) is 5.32 Å². The van der Waals surface area contributed by atoms with Crippen molar-refractivity contribution >= 4 is 40.3 Å². The molecule has 0 saturated heterocycles. The molecule has 0 aliphatic carbocycles. The Morgan fingerprint density at radius 3 is 2.14 bits per heavy atom. The van der Waals surface area contributed by atoms with E-state index in [0.717, 1.165) is 21.9 Å². The minimum atomic E-state index is -1.15. The second-order valence-corrected chi connectivity index (χ2v) is 12.1. The number of hydrogen-bond acceptors (Lipinski definition) is 5. The van der Waals surface area contributed by atoms with E-state index in [1.165, 1.54) is 4.90 Å². The van der Waals surface area contributed by atoms with Crippen LogP contribution < -0.4 is 16.4 Å². The van der Waals surface area contributed by atoms with Gasteiger partial charge in [-0.2, -0.15) is 0 Å². The van der Waals surface area contributed by atoms with Crippen LogP contribution in [0.25, 0.3) is 10.8 Å². The molecule has 0 heterocycles. The minimum Gasteiger partial charge on any atom is -0.444 e. The van der Waals surface area contributed by atoms with Crippen LogP contribution in [0.5, 0.6) is 0 Å². The van der Waals surface area contributed by atoms with Crippen molar-refractivity contribution in [3.05, 3.63) is 77.4 Å². The third-order valence-electron chi connectivity index (χ3n) is 7.09. The summed E-state index contributed by atoms with van der Waals surface area (Å²) in [5.41, 5.74) is 7.71. The fourth-order valence-corrected chi connectivity index (χ4v) is 5.05. The molecule has 230 valence electrons. The van der Waals surface area contributed by atoms with Gasteiger partial charge in [0.25, 0.3) is 5.91 Å². The second-order valence-electron chi connectivity index (χ2n) is 12.1. The molecule has 43 heavy (non-hydrogen) atoms. The molecule has 9 nitrogen and oxygen atoms in total. The number of nitrogens with two attached hydrogens (primary N) is 1. The number of alkyl carbamates (subject to hydrolysis) is 1. The number of rotatable bonds is 11. The van der Waals surface area contributed by atoms with Crippen LogP contribution in [0.2, 0.25) is 0 Å². The Kier molecular flexibility index (Phi) is 10.9. The Balaban J connectivity index is 2.09. The number of fused-ring (bicyclic) bond motifs is 1. The largest absolute Gasteiger partial charge is 0.444 e. The maximum Gasteiger partial charge on any atom is 0.408 e. The average Bonchev–Trinajstić information content (AvgIpc) is 2.91. The van der Waals surface area contributed by atoms with Crippen LogP contribution in [-0.4, -0.2) is 46.4 Å². The van der Waals surface area contributed by atoms with Gasteiger partial charge in [-0.1, -0.05) is 66.6 Å². The number of ether oxygens (including phenoxy) is 1. The first-order valence-corrected chi connectivity index (χ1v) is 14.7. The second kappa shape index (κ2) is 14.2. The van der Waals surface area contributed by atoms with E-state index in [4.69, 9.17) is 10.5 Å². The minimum absolute atomic E-state index is 0.0494. The molecule has 0 fully saturated rings. The topological polar surface area (TPSA) is 131 Å². The van der Waals surface area contributed by atoms with Crippen LogP contribution in [0.3, 0.4) is 0 Å². The lowest BCUT2D eigenvalue weighted by Gasteiger charge is -2.38. The number of carbonyl (C=O) groups is 4. The van der Waals surface area contributed by atoms with Gasteiger partial charge in [0.2, 0.25) is 11.8 Å².